The number of nitrogens with one attached hydrogen (secondary N) is 1. The summed E-state index contributed by atoms with van der Waals surface area (Å²) in [6.45, 7) is 0.602. The van der Waals surface area contributed by atoms with Crippen LogP contribution in [-0.2, 0) is 0 Å². The maximum atomic E-state index is 9.05. The van der Waals surface area contributed by atoms with E-state index < -0.39 is 0 Å². The maximum Gasteiger partial charge on any atom is 0.118 e. The molecule has 0 saturated heterocycles. The number of aliphatic hydroxyl groups excluding tert-OH is 1. The van der Waals surface area contributed by atoms with Gasteiger partial charge in [0.1, 0.15) is 5.75 Å². The number of pyridine rings is 1. The summed E-state index contributed by atoms with van der Waals surface area (Å²) in [7, 11) is 1.65. The van der Waals surface area contributed by atoms with Gasteiger partial charge in [-0.25, -0.2) is 4.98 Å². The second-order valence-electron chi connectivity index (χ2n) is 4.95. The number of rotatable bonds is 5. The molecule has 0 saturated carbocycles. The highest BCUT2D eigenvalue weighted by atomic mass is 16.5. The molecule has 4 nitrogen and oxygen atoms in total. The Morgan fingerprint density at radius 2 is 1.86 bits per heavy atom. The van der Waals surface area contributed by atoms with Gasteiger partial charge in [-0.3, -0.25) is 0 Å². The third-order valence-corrected chi connectivity index (χ3v) is 3.53. The Hall–Kier alpha value is -2.59. The lowest BCUT2D eigenvalue weighted by Crippen LogP contribution is -2.06. The van der Waals surface area contributed by atoms with Crippen LogP contribution in [0.4, 0.5) is 5.69 Å². The van der Waals surface area contributed by atoms with Crippen molar-refractivity contribution in [2.45, 2.75) is 0 Å². The predicted octanol–water partition coefficient (Wildman–Crippen LogP) is 3.31. The summed E-state index contributed by atoms with van der Waals surface area (Å²) in [5, 5.41) is 13.4. The van der Waals surface area contributed by atoms with Crippen molar-refractivity contribution in [2.75, 3.05) is 25.6 Å². The molecule has 4 heteroatoms. The fourth-order valence-corrected chi connectivity index (χ4v) is 2.42. The molecule has 112 valence electrons. The van der Waals surface area contributed by atoms with Gasteiger partial charge in [-0.05, 0) is 36.4 Å². The van der Waals surface area contributed by atoms with Gasteiger partial charge in [-0.15, -0.1) is 0 Å². The number of aromatic nitrogens is 1. The Balaban J connectivity index is 2.08. The average molecular weight is 294 g/mol. The Labute approximate surface area is 129 Å². The number of aliphatic hydroxyl groups is 1. The van der Waals surface area contributed by atoms with E-state index >= 15 is 0 Å². The fraction of sp³-hybridized carbons (Fsp3) is 0.167. The van der Waals surface area contributed by atoms with Crippen molar-refractivity contribution >= 4 is 16.6 Å². The average Bonchev–Trinajstić information content (AvgIpc) is 2.59. The molecule has 0 aliphatic rings. The molecular formula is C18H18N2O2. The van der Waals surface area contributed by atoms with E-state index in [0.29, 0.717) is 6.54 Å². The molecule has 0 bridgehead atoms. The van der Waals surface area contributed by atoms with Gasteiger partial charge in [0, 0.05) is 23.2 Å². The largest absolute Gasteiger partial charge is 0.497 e. The Kier molecular flexibility index (Phi) is 4.21. The second kappa shape index (κ2) is 6.45. The molecule has 0 aliphatic carbocycles. The molecule has 3 rings (SSSR count). The first kappa shape index (κ1) is 14.4. The van der Waals surface area contributed by atoms with Gasteiger partial charge in [0.2, 0.25) is 0 Å². The topological polar surface area (TPSA) is 54.4 Å². The number of anilines is 1. The zero-order chi connectivity index (χ0) is 15.4. The fourth-order valence-electron chi connectivity index (χ4n) is 2.42. The van der Waals surface area contributed by atoms with Crippen molar-refractivity contribution in [1.82, 2.24) is 4.98 Å². The molecule has 0 unspecified atom stereocenters. The van der Waals surface area contributed by atoms with Crippen LogP contribution in [0.5, 0.6) is 5.75 Å². The Morgan fingerprint density at radius 1 is 1.09 bits per heavy atom. The smallest absolute Gasteiger partial charge is 0.118 e. The molecule has 0 aliphatic heterocycles. The second-order valence-corrected chi connectivity index (χ2v) is 4.95. The number of benzene rings is 2. The van der Waals surface area contributed by atoms with E-state index in [2.05, 4.69) is 5.32 Å². The number of para-hydroxylation sites is 1. The van der Waals surface area contributed by atoms with E-state index in [9.17, 15) is 0 Å². The summed E-state index contributed by atoms with van der Waals surface area (Å²) in [5.74, 6) is 0.822. The number of fused-ring (bicyclic) bond motifs is 1. The van der Waals surface area contributed by atoms with Crippen LogP contribution >= 0.6 is 0 Å². The van der Waals surface area contributed by atoms with Gasteiger partial charge in [0.15, 0.2) is 0 Å². The molecule has 0 spiro atoms. The minimum absolute atomic E-state index is 0.0918. The molecule has 3 aromatic rings. The van der Waals surface area contributed by atoms with Gasteiger partial charge in [0.25, 0.3) is 0 Å². The van der Waals surface area contributed by atoms with Crippen LogP contribution in [0.15, 0.2) is 54.6 Å². The molecule has 1 aromatic heterocycles. The summed E-state index contributed by atoms with van der Waals surface area (Å²) >= 11 is 0. The SMILES string of the molecule is COc1ccc(-c2cc(NCCO)c3ccccc3n2)cc1. The highest BCUT2D eigenvalue weighted by Crippen LogP contribution is 2.29. The van der Waals surface area contributed by atoms with E-state index in [1.165, 1.54) is 0 Å². The normalized spacial score (nSPS) is 10.6. The zero-order valence-corrected chi connectivity index (χ0v) is 12.4. The Bertz CT molecular complexity index is 770. The molecule has 0 fully saturated rings. The lowest BCUT2D eigenvalue weighted by Gasteiger charge is -2.11. The first-order valence-corrected chi connectivity index (χ1v) is 7.21. The van der Waals surface area contributed by atoms with Gasteiger partial charge in [-0.2, -0.15) is 0 Å². The van der Waals surface area contributed by atoms with E-state index in [-0.39, 0.29) is 6.61 Å². The molecule has 0 radical (unpaired) electrons. The van der Waals surface area contributed by atoms with Gasteiger partial charge in [-0.1, -0.05) is 18.2 Å². The van der Waals surface area contributed by atoms with Crippen LogP contribution in [-0.4, -0.2) is 30.4 Å². The van der Waals surface area contributed by atoms with Crippen molar-refractivity contribution in [1.29, 1.82) is 0 Å². The number of nitrogens with zero attached hydrogens (tertiary/aromatic N) is 1. The van der Waals surface area contributed by atoms with Crippen molar-refractivity contribution < 1.29 is 9.84 Å². The van der Waals surface area contributed by atoms with Crippen LogP contribution in [0.3, 0.4) is 0 Å². The van der Waals surface area contributed by atoms with Crippen LogP contribution in [0.25, 0.3) is 22.2 Å². The van der Waals surface area contributed by atoms with Crippen molar-refractivity contribution in [3.63, 3.8) is 0 Å². The highest BCUT2D eigenvalue weighted by Gasteiger charge is 2.07. The first-order valence-electron chi connectivity index (χ1n) is 7.21. The van der Waals surface area contributed by atoms with Crippen molar-refractivity contribution in [2.24, 2.45) is 0 Å². The summed E-state index contributed by atoms with van der Waals surface area (Å²) in [6.07, 6.45) is 0. The summed E-state index contributed by atoms with van der Waals surface area (Å²) in [4.78, 5) is 4.73. The van der Waals surface area contributed by atoms with Crippen molar-refractivity contribution in [3.8, 4) is 17.0 Å². The number of methoxy groups -OCH3 is 1. The third kappa shape index (κ3) is 2.87. The monoisotopic (exact) mass is 294 g/mol. The minimum atomic E-state index is 0.0918. The van der Waals surface area contributed by atoms with E-state index in [1.54, 1.807) is 7.11 Å². The summed E-state index contributed by atoms with van der Waals surface area (Å²) in [5.41, 5.74) is 3.82. The zero-order valence-electron chi connectivity index (χ0n) is 12.4. The van der Waals surface area contributed by atoms with Crippen LogP contribution < -0.4 is 10.1 Å². The number of ether oxygens (including phenoxy) is 1. The molecule has 0 atom stereocenters. The van der Waals surface area contributed by atoms with Crippen molar-refractivity contribution in [3.05, 3.63) is 54.6 Å². The molecular weight excluding hydrogens is 276 g/mol. The molecule has 2 aromatic carbocycles. The van der Waals surface area contributed by atoms with Gasteiger partial charge >= 0.3 is 0 Å². The number of hydrogen-bond donors (Lipinski definition) is 2. The minimum Gasteiger partial charge on any atom is -0.497 e. The quantitative estimate of drug-likeness (QED) is 0.758. The molecule has 2 N–H and O–H groups in total. The van der Waals surface area contributed by atoms with Gasteiger partial charge in [0.05, 0.1) is 24.9 Å². The highest BCUT2D eigenvalue weighted by molar-refractivity contribution is 5.93. The summed E-state index contributed by atoms with van der Waals surface area (Å²) in [6, 6.07) is 17.8. The Morgan fingerprint density at radius 3 is 2.59 bits per heavy atom. The summed E-state index contributed by atoms with van der Waals surface area (Å²) < 4.78 is 5.19. The molecule has 22 heavy (non-hydrogen) atoms. The maximum absolute atomic E-state index is 9.05. The lowest BCUT2D eigenvalue weighted by molar-refractivity contribution is 0.311. The standard InChI is InChI=1S/C18H18N2O2/c1-22-14-8-6-13(7-9-14)17-12-18(19-10-11-21)15-4-2-3-5-16(15)20-17/h2-9,12,21H,10-11H2,1H3,(H,19,20). The van der Waals surface area contributed by atoms with Gasteiger partial charge < -0.3 is 15.2 Å². The predicted molar refractivity (Wildman–Crippen MR) is 89.3 cm³/mol. The molecule has 1 heterocycles. The van der Waals surface area contributed by atoms with Crippen LogP contribution in [0.1, 0.15) is 0 Å². The van der Waals surface area contributed by atoms with E-state index in [1.807, 2.05) is 54.6 Å². The van der Waals surface area contributed by atoms with Crippen LogP contribution in [0.2, 0.25) is 0 Å². The van der Waals surface area contributed by atoms with Crippen LogP contribution in [0, 0.1) is 0 Å². The molecule has 0 amide bonds. The van der Waals surface area contributed by atoms with E-state index in [0.717, 1.165) is 33.6 Å². The number of hydrogen-bond acceptors (Lipinski definition) is 4. The van der Waals surface area contributed by atoms with E-state index in [4.69, 9.17) is 14.8 Å². The third-order valence-electron chi connectivity index (χ3n) is 3.53. The first-order chi connectivity index (χ1) is 10.8. The lowest BCUT2D eigenvalue weighted by atomic mass is 10.1.